The second kappa shape index (κ2) is 7.79. The van der Waals surface area contributed by atoms with Crippen LogP contribution in [0.5, 0.6) is 0 Å². The summed E-state index contributed by atoms with van der Waals surface area (Å²) in [6, 6.07) is 7.80. The highest BCUT2D eigenvalue weighted by molar-refractivity contribution is 5.94. The number of ether oxygens (including phenoxy) is 1. The van der Waals surface area contributed by atoms with E-state index >= 15 is 0 Å². The van der Waals surface area contributed by atoms with Crippen molar-refractivity contribution in [1.82, 2.24) is 4.90 Å². The zero-order valence-corrected chi connectivity index (χ0v) is 13.2. The van der Waals surface area contributed by atoms with Crippen molar-refractivity contribution in [2.75, 3.05) is 31.6 Å². The van der Waals surface area contributed by atoms with Crippen molar-refractivity contribution in [3.63, 3.8) is 0 Å². The first kappa shape index (κ1) is 16.3. The minimum Gasteiger partial charge on any atom is -0.375 e. The standard InChI is InChI=1S/C16H24N4O2/c1-3-13-5-4-6-14(9-13)19-15(21)10-18-16(17)20-7-8-22-12(2)11-20/h4-6,9,12H,3,7-8,10-11H2,1-2H3,(H2,17,18)(H,19,21). The highest BCUT2D eigenvalue weighted by atomic mass is 16.5. The molecule has 0 saturated carbocycles. The number of amides is 1. The van der Waals surface area contributed by atoms with Gasteiger partial charge in [-0.05, 0) is 31.0 Å². The average Bonchev–Trinajstić information content (AvgIpc) is 2.52. The number of morpholine rings is 1. The summed E-state index contributed by atoms with van der Waals surface area (Å²) in [6.07, 6.45) is 1.07. The van der Waals surface area contributed by atoms with Crippen LogP contribution >= 0.6 is 0 Å². The number of benzene rings is 1. The second-order valence-corrected chi connectivity index (χ2v) is 5.40. The van der Waals surface area contributed by atoms with Crippen LogP contribution in [0.25, 0.3) is 0 Å². The van der Waals surface area contributed by atoms with E-state index in [-0.39, 0.29) is 18.6 Å². The van der Waals surface area contributed by atoms with E-state index in [1.807, 2.05) is 36.1 Å². The van der Waals surface area contributed by atoms with Crippen LogP contribution in [0.1, 0.15) is 19.4 Å². The predicted molar refractivity (Wildman–Crippen MR) is 87.9 cm³/mol. The van der Waals surface area contributed by atoms with Crippen molar-refractivity contribution >= 4 is 17.6 Å². The third-order valence-electron chi connectivity index (χ3n) is 3.57. The van der Waals surface area contributed by atoms with Gasteiger partial charge in [0.15, 0.2) is 5.96 Å². The fourth-order valence-electron chi connectivity index (χ4n) is 2.35. The molecule has 1 aliphatic rings. The summed E-state index contributed by atoms with van der Waals surface area (Å²) in [5, 5.41) is 2.84. The molecule has 1 aromatic rings. The molecule has 0 radical (unpaired) electrons. The van der Waals surface area contributed by atoms with E-state index in [2.05, 4.69) is 17.2 Å². The third kappa shape index (κ3) is 4.73. The highest BCUT2D eigenvalue weighted by Gasteiger charge is 2.18. The molecule has 1 unspecified atom stereocenters. The molecule has 1 heterocycles. The van der Waals surface area contributed by atoms with Gasteiger partial charge in [-0.1, -0.05) is 19.1 Å². The lowest BCUT2D eigenvalue weighted by atomic mass is 10.1. The Morgan fingerprint density at radius 2 is 2.36 bits per heavy atom. The third-order valence-corrected chi connectivity index (χ3v) is 3.57. The van der Waals surface area contributed by atoms with Crippen LogP contribution in [0.2, 0.25) is 0 Å². The fourth-order valence-corrected chi connectivity index (χ4v) is 2.35. The zero-order chi connectivity index (χ0) is 15.9. The molecule has 0 aliphatic carbocycles. The molecule has 120 valence electrons. The molecule has 1 aliphatic heterocycles. The van der Waals surface area contributed by atoms with Gasteiger partial charge in [0, 0.05) is 18.8 Å². The number of anilines is 1. The van der Waals surface area contributed by atoms with E-state index in [0.717, 1.165) is 12.1 Å². The molecular weight excluding hydrogens is 280 g/mol. The number of nitrogens with two attached hydrogens (primary N) is 1. The van der Waals surface area contributed by atoms with Gasteiger partial charge >= 0.3 is 0 Å². The van der Waals surface area contributed by atoms with Crippen LogP contribution < -0.4 is 11.1 Å². The largest absolute Gasteiger partial charge is 0.375 e. The fraction of sp³-hybridized carbons (Fsp3) is 0.500. The summed E-state index contributed by atoms with van der Waals surface area (Å²) < 4.78 is 5.45. The van der Waals surface area contributed by atoms with E-state index < -0.39 is 0 Å². The molecule has 0 aromatic heterocycles. The highest BCUT2D eigenvalue weighted by Crippen LogP contribution is 2.11. The normalized spacial score (nSPS) is 19.1. The molecule has 1 atom stereocenters. The van der Waals surface area contributed by atoms with Crippen LogP contribution in [0.3, 0.4) is 0 Å². The number of aryl methyl sites for hydroxylation is 1. The quantitative estimate of drug-likeness (QED) is 0.647. The Labute approximate surface area is 131 Å². The number of nitrogens with one attached hydrogen (secondary N) is 1. The summed E-state index contributed by atoms with van der Waals surface area (Å²) in [5.74, 6) is 0.227. The van der Waals surface area contributed by atoms with Crippen molar-refractivity contribution < 1.29 is 9.53 Å². The number of carbonyl (C=O) groups is 1. The van der Waals surface area contributed by atoms with Gasteiger partial charge in [-0.2, -0.15) is 0 Å². The van der Waals surface area contributed by atoms with Gasteiger partial charge in [-0.25, -0.2) is 4.99 Å². The molecule has 0 spiro atoms. The maximum absolute atomic E-state index is 11.9. The Morgan fingerprint density at radius 1 is 1.55 bits per heavy atom. The minimum absolute atomic E-state index is 0.0218. The predicted octanol–water partition coefficient (Wildman–Crippen LogP) is 1.22. The molecule has 22 heavy (non-hydrogen) atoms. The maximum Gasteiger partial charge on any atom is 0.246 e. The first-order valence-electron chi connectivity index (χ1n) is 7.63. The van der Waals surface area contributed by atoms with E-state index in [1.54, 1.807) is 0 Å². The van der Waals surface area contributed by atoms with E-state index in [4.69, 9.17) is 10.5 Å². The van der Waals surface area contributed by atoms with Crippen LogP contribution in [0, 0.1) is 0 Å². The molecular formula is C16H24N4O2. The molecule has 1 aromatic carbocycles. The van der Waals surface area contributed by atoms with Gasteiger partial charge in [-0.15, -0.1) is 0 Å². The lowest BCUT2D eigenvalue weighted by Crippen LogP contribution is -2.48. The Bertz CT molecular complexity index is 545. The SMILES string of the molecule is CCc1cccc(NC(=O)CN=C(N)N2CCOC(C)C2)c1. The number of nitrogens with zero attached hydrogens (tertiary/aromatic N) is 2. The molecule has 1 fully saturated rings. The number of rotatable bonds is 4. The molecule has 1 saturated heterocycles. The lowest BCUT2D eigenvalue weighted by molar-refractivity contribution is -0.114. The van der Waals surface area contributed by atoms with Gasteiger partial charge in [0.05, 0.1) is 12.7 Å². The van der Waals surface area contributed by atoms with Crippen LogP contribution in [-0.2, 0) is 16.0 Å². The van der Waals surface area contributed by atoms with Crippen molar-refractivity contribution in [2.45, 2.75) is 26.4 Å². The van der Waals surface area contributed by atoms with Crippen molar-refractivity contribution in [3.05, 3.63) is 29.8 Å². The summed E-state index contributed by atoms with van der Waals surface area (Å²) in [7, 11) is 0. The first-order valence-corrected chi connectivity index (χ1v) is 7.63. The number of hydrogen-bond donors (Lipinski definition) is 2. The second-order valence-electron chi connectivity index (χ2n) is 5.40. The number of carbonyl (C=O) groups excluding carboxylic acids is 1. The van der Waals surface area contributed by atoms with E-state index in [0.29, 0.717) is 25.7 Å². The summed E-state index contributed by atoms with van der Waals surface area (Å²) >= 11 is 0. The Hall–Kier alpha value is -2.08. The van der Waals surface area contributed by atoms with Gasteiger partial charge in [0.2, 0.25) is 5.91 Å². The van der Waals surface area contributed by atoms with Gasteiger partial charge in [0.1, 0.15) is 6.54 Å². The Morgan fingerprint density at radius 3 is 3.09 bits per heavy atom. The number of aliphatic imine (C=N–C) groups is 1. The molecule has 6 heteroatoms. The van der Waals surface area contributed by atoms with Crippen molar-refractivity contribution in [2.24, 2.45) is 10.7 Å². The van der Waals surface area contributed by atoms with Gasteiger partial charge in [-0.3, -0.25) is 4.79 Å². The first-order chi connectivity index (χ1) is 10.6. The molecule has 2 rings (SSSR count). The summed E-state index contributed by atoms with van der Waals surface area (Å²) in [5.41, 5.74) is 7.91. The van der Waals surface area contributed by atoms with Crippen LogP contribution in [0.4, 0.5) is 5.69 Å². The smallest absolute Gasteiger partial charge is 0.246 e. The molecule has 0 bridgehead atoms. The van der Waals surface area contributed by atoms with Gasteiger partial charge in [0.25, 0.3) is 0 Å². The maximum atomic E-state index is 11.9. The topological polar surface area (TPSA) is 80.0 Å². The van der Waals surface area contributed by atoms with Crippen molar-refractivity contribution in [3.8, 4) is 0 Å². The van der Waals surface area contributed by atoms with Gasteiger partial charge < -0.3 is 20.7 Å². The zero-order valence-electron chi connectivity index (χ0n) is 13.2. The molecule has 6 nitrogen and oxygen atoms in total. The van der Waals surface area contributed by atoms with E-state index in [1.165, 1.54) is 5.56 Å². The van der Waals surface area contributed by atoms with E-state index in [9.17, 15) is 4.79 Å². The molecule has 1 amide bonds. The minimum atomic E-state index is -0.169. The summed E-state index contributed by atoms with van der Waals surface area (Å²) in [4.78, 5) is 18.1. The lowest BCUT2D eigenvalue weighted by Gasteiger charge is -2.31. The van der Waals surface area contributed by atoms with Crippen LogP contribution in [0.15, 0.2) is 29.3 Å². The van der Waals surface area contributed by atoms with Crippen LogP contribution in [-0.4, -0.2) is 49.1 Å². The average molecular weight is 304 g/mol. The number of hydrogen-bond acceptors (Lipinski definition) is 3. The molecule has 3 N–H and O–H groups in total. The van der Waals surface area contributed by atoms with Crippen molar-refractivity contribution in [1.29, 1.82) is 0 Å². The Kier molecular flexibility index (Phi) is 5.77. The summed E-state index contributed by atoms with van der Waals surface area (Å²) in [6.45, 7) is 6.14. The monoisotopic (exact) mass is 304 g/mol. The number of guanidine groups is 1. The Balaban J connectivity index is 1.87.